The summed E-state index contributed by atoms with van der Waals surface area (Å²) in [5.41, 5.74) is 1.22. The number of rotatable bonds is 6. The number of hydrogen-bond donors (Lipinski definition) is 2. The van der Waals surface area contributed by atoms with Crippen LogP contribution in [0.3, 0.4) is 0 Å². The topological polar surface area (TPSA) is 70.2 Å². The third-order valence-corrected chi connectivity index (χ3v) is 3.92. The highest BCUT2D eigenvalue weighted by atomic mass is 16.2. The van der Waals surface area contributed by atoms with Gasteiger partial charge in [0.2, 0.25) is 0 Å². The lowest BCUT2D eigenvalue weighted by molar-refractivity contribution is 0.251. The molecule has 0 radical (unpaired) electrons. The second kappa shape index (κ2) is 7.29. The van der Waals surface area contributed by atoms with Crippen molar-refractivity contribution in [3.05, 3.63) is 48.0 Å². The van der Waals surface area contributed by atoms with E-state index in [2.05, 4.69) is 51.7 Å². The second-order valence-corrected chi connectivity index (χ2v) is 6.36. The molecule has 1 saturated carbocycles. The van der Waals surface area contributed by atoms with Gasteiger partial charge in [0.05, 0.1) is 0 Å². The van der Waals surface area contributed by atoms with Crippen molar-refractivity contribution in [1.29, 1.82) is 0 Å². The van der Waals surface area contributed by atoms with Crippen molar-refractivity contribution in [1.82, 2.24) is 15.5 Å². The molecule has 6 nitrogen and oxygen atoms in total. The Morgan fingerprint density at radius 1 is 1.17 bits per heavy atom. The van der Waals surface area contributed by atoms with Crippen molar-refractivity contribution in [2.45, 2.75) is 45.3 Å². The minimum Gasteiger partial charge on any atom is -0.348 e. The van der Waals surface area contributed by atoms with Gasteiger partial charge >= 0.3 is 6.03 Å². The average molecular weight is 325 g/mol. The van der Waals surface area contributed by atoms with Crippen LogP contribution in [0.25, 0.3) is 0 Å². The normalized spacial score (nSPS) is 13.6. The zero-order valence-corrected chi connectivity index (χ0v) is 14.1. The Balaban J connectivity index is 1.66. The van der Waals surface area contributed by atoms with Crippen molar-refractivity contribution >= 4 is 17.7 Å². The first-order chi connectivity index (χ1) is 11.6. The van der Waals surface area contributed by atoms with E-state index in [0.29, 0.717) is 11.9 Å². The van der Waals surface area contributed by atoms with Crippen molar-refractivity contribution < 1.29 is 4.79 Å². The van der Waals surface area contributed by atoms with Gasteiger partial charge in [-0.1, -0.05) is 30.3 Å². The van der Waals surface area contributed by atoms with E-state index >= 15 is 0 Å². The largest absolute Gasteiger partial charge is 0.348 e. The molecule has 1 heterocycles. The molecule has 1 aromatic carbocycles. The first-order valence-electron chi connectivity index (χ1n) is 8.33. The molecule has 2 amide bonds. The number of nitrogens with one attached hydrogen (secondary N) is 2. The van der Waals surface area contributed by atoms with Gasteiger partial charge in [0.15, 0.2) is 11.6 Å². The van der Waals surface area contributed by atoms with E-state index < -0.39 is 0 Å². The number of amides is 2. The van der Waals surface area contributed by atoms with Crippen LogP contribution in [0.15, 0.2) is 42.5 Å². The van der Waals surface area contributed by atoms with E-state index in [-0.39, 0.29) is 12.1 Å². The molecule has 1 fully saturated rings. The highest BCUT2D eigenvalue weighted by molar-refractivity contribution is 5.88. The smallest absolute Gasteiger partial charge is 0.320 e. The lowest BCUT2D eigenvalue weighted by Gasteiger charge is -2.27. The minimum absolute atomic E-state index is 0.218. The standard InChI is InChI=1S/C18H23N5O/c1-13(2)23(12-14-6-4-3-5-7-14)17-11-10-16(21-22-17)20-18(24)19-15-8-9-15/h3-7,10-11,13,15H,8-9,12H2,1-2H3,(H2,19,20,21,24). The number of carbonyl (C=O) groups excluding carboxylic acids is 1. The maximum absolute atomic E-state index is 11.7. The first-order valence-corrected chi connectivity index (χ1v) is 8.33. The lowest BCUT2D eigenvalue weighted by Crippen LogP contribution is -2.32. The van der Waals surface area contributed by atoms with Crippen LogP contribution in [-0.2, 0) is 6.54 Å². The van der Waals surface area contributed by atoms with Gasteiger partial charge in [-0.05, 0) is 44.4 Å². The molecule has 6 heteroatoms. The summed E-state index contributed by atoms with van der Waals surface area (Å²) in [6.07, 6.45) is 2.11. The van der Waals surface area contributed by atoms with Crippen LogP contribution in [0, 0.1) is 0 Å². The molecule has 0 atom stereocenters. The zero-order chi connectivity index (χ0) is 16.9. The maximum Gasteiger partial charge on any atom is 0.320 e. The summed E-state index contributed by atoms with van der Waals surface area (Å²) >= 11 is 0. The summed E-state index contributed by atoms with van der Waals surface area (Å²) in [5, 5.41) is 14.0. The number of nitrogens with zero attached hydrogens (tertiary/aromatic N) is 3. The summed E-state index contributed by atoms with van der Waals surface area (Å²) in [6, 6.07) is 14.3. The fraction of sp³-hybridized carbons (Fsp3) is 0.389. The number of anilines is 2. The van der Waals surface area contributed by atoms with Crippen LogP contribution in [-0.4, -0.2) is 28.3 Å². The molecule has 0 aliphatic heterocycles. The van der Waals surface area contributed by atoms with E-state index in [0.717, 1.165) is 25.2 Å². The molecular formula is C18H23N5O. The van der Waals surface area contributed by atoms with Crippen molar-refractivity contribution in [2.75, 3.05) is 10.2 Å². The van der Waals surface area contributed by atoms with Crippen molar-refractivity contribution in [3.8, 4) is 0 Å². The maximum atomic E-state index is 11.7. The summed E-state index contributed by atoms with van der Waals surface area (Å²) in [7, 11) is 0. The van der Waals surface area contributed by atoms with E-state index in [1.54, 1.807) is 6.07 Å². The van der Waals surface area contributed by atoms with Gasteiger partial charge in [0, 0.05) is 18.6 Å². The predicted octanol–water partition coefficient (Wildman–Crippen LogP) is 3.18. The molecule has 0 unspecified atom stereocenters. The highest BCUT2D eigenvalue weighted by Gasteiger charge is 2.23. The van der Waals surface area contributed by atoms with Crippen LogP contribution >= 0.6 is 0 Å². The van der Waals surface area contributed by atoms with Crippen molar-refractivity contribution in [2.24, 2.45) is 0 Å². The predicted molar refractivity (Wildman–Crippen MR) is 95.0 cm³/mol. The fourth-order valence-corrected chi connectivity index (χ4v) is 2.42. The van der Waals surface area contributed by atoms with Crippen LogP contribution in [0.1, 0.15) is 32.3 Å². The van der Waals surface area contributed by atoms with Crippen molar-refractivity contribution in [3.63, 3.8) is 0 Å². The van der Waals surface area contributed by atoms with Crippen LogP contribution < -0.4 is 15.5 Å². The van der Waals surface area contributed by atoms with E-state index in [1.807, 2.05) is 24.3 Å². The molecule has 3 rings (SSSR count). The zero-order valence-electron chi connectivity index (χ0n) is 14.1. The molecule has 24 heavy (non-hydrogen) atoms. The monoisotopic (exact) mass is 325 g/mol. The average Bonchev–Trinajstić information content (AvgIpc) is 3.38. The molecule has 126 valence electrons. The van der Waals surface area contributed by atoms with Gasteiger partial charge < -0.3 is 10.2 Å². The Kier molecular flexibility index (Phi) is 4.93. The van der Waals surface area contributed by atoms with Crippen LogP contribution in [0.2, 0.25) is 0 Å². The Bertz CT molecular complexity index is 668. The summed E-state index contributed by atoms with van der Waals surface area (Å²) in [4.78, 5) is 13.9. The summed E-state index contributed by atoms with van der Waals surface area (Å²) in [5.74, 6) is 1.25. The SMILES string of the molecule is CC(C)N(Cc1ccccc1)c1ccc(NC(=O)NC2CC2)nn1. The third kappa shape index (κ3) is 4.44. The Hall–Kier alpha value is -2.63. The Labute approximate surface area is 142 Å². The lowest BCUT2D eigenvalue weighted by atomic mass is 10.2. The molecule has 2 N–H and O–H groups in total. The fourth-order valence-electron chi connectivity index (χ4n) is 2.42. The van der Waals surface area contributed by atoms with Gasteiger partial charge in [-0.25, -0.2) is 4.79 Å². The van der Waals surface area contributed by atoms with Gasteiger partial charge in [0.25, 0.3) is 0 Å². The highest BCUT2D eigenvalue weighted by Crippen LogP contribution is 2.20. The number of carbonyl (C=O) groups is 1. The molecule has 0 spiro atoms. The van der Waals surface area contributed by atoms with Crippen LogP contribution in [0.5, 0.6) is 0 Å². The Morgan fingerprint density at radius 2 is 1.92 bits per heavy atom. The second-order valence-electron chi connectivity index (χ2n) is 6.36. The first kappa shape index (κ1) is 16.2. The summed E-state index contributed by atoms with van der Waals surface area (Å²) < 4.78 is 0. The molecule has 1 aliphatic carbocycles. The minimum atomic E-state index is -0.218. The molecule has 0 bridgehead atoms. The van der Waals surface area contributed by atoms with Gasteiger partial charge in [0.1, 0.15) is 0 Å². The van der Waals surface area contributed by atoms with E-state index in [1.165, 1.54) is 5.56 Å². The molecule has 1 aliphatic rings. The molecule has 1 aromatic heterocycles. The van der Waals surface area contributed by atoms with Gasteiger partial charge in [-0.15, -0.1) is 10.2 Å². The number of urea groups is 1. The van der Waals surface area contributed by atoms with E-state index in [9.17, 15) is 4.79 Å². The third-order valence-electron chi connectivity index (χ3n) is 3.92. The quantitative estimate of drug-likeness (QED) is 0.856. The van der Waals surface area contributed by atoms with Gasteiger partial charge in [-0.3, -0.25) is 5.32 Å². The molecular weight excluding hydrogens is 302 g/mol. The number of benzene rings is 1. The Morgan fingerprint density at radius 3 is 2.50 bits per heavy atom. The summed E-state index contributed by atoms with van der Waals surface area (Å²) in [6.45, 7) is 5.02. The van der Waals surface area contributed by atoms with Gasteiger partial charge in [-0.2, -0.15) is 0 Å². The van der Waals surface area contributed by atoms with E-state index in [4.69, 9.17) is 0 Å². The molecule has 2 aromatic rings. The number of hydrogen-bond acceptors (Lipinski definition) is 4. The van der Waals surface area contributed by atoms with Crippen LogP contribution in [0.4, 0.5) is 16.4 Å². The number of aromatic nitrogens is 2. The molecule has 0 saturated heterocycles.